The van der Waals surface area contributed by atoms with Crippen LogP contribution in [0.5, 0.6) is 11.5 Å². The zero-order chi connectivity index (χ0) is 20.9. The molecule has 0 atom stereocenters. The number of carboxylic acid groups (broad SMARTS) is 1. The number of aromatic amines is 1. The second-order valence-corrected chi connectivity index (χ2v) is 6.63. The van der Waals surface area contributed by atoms with Crippen molar-refractivity contribution in [2.45, 2.75) is 13.2 Å². The lowest BCUT2D eigenvalue weighted by molar-refractivity contribution is 0.0692. The maximum atomic E-state index is 11.3. The fourth-order valence-corrected chi connectivity index (χ4v) is 3.08. The molecule has 152 valence electrons. The quantitative estimate of drug-likeness (QED) is 0.409. The Morgan fingerprint density at radius 3 is 2.80 bits per heavy atom. The van der Waals surface area contributed by atoms with Gasteiger partial charge in [0.15, 0.2) is 17.2 Å². The van der Waals surface area contributed by atoms with Crippen LogP contribution in [0.2, 0.25) is 0 Å². The number of fused-ring (bicyclic) bond motifs is 1. The molecule has 2 aromatic carbocycles. The number of benzene rings is 2. The van der Waals surface area contributed by atoms with E-state index in [1.165, 1.54) is 0 Å². The standard InChI is InChI=1S/C22H20N4O4/c1-29-19-7-4-14(9-20(19)30-13-15-3-2-8-23-11-15)12-24-16-5-6-18-17(10-16)21(22(27)28)26-25-18/h2-11,24H,12-13H2,1H3,(H,25,26)(H,27,28). The molecule has 4 aromatic rings. The van der Waals surface area contributed by atoms with Gasteiger partial charge >= 0.3 is 5.97 Å². The van der Waals surface area contributed by atoms with Gasteiger partial charge in [-0.2, -0.15) is 5.10 Å². The molecule has 0 aliphatic rings. The molecule has 8 heteroatoms. The number of hydrogen-bond donors (Lipinski definition) is 3. The summed E-state index contributed by atoms with van der Waals surface area (Å²) in [5, 5.41) is 19.7. The van der Waals surface area contributed by atoms with Gasteiger partial charge in [0.1, 0.15) is 6.61 Å². The first kappa shape index (κ1) is 19.3. The Bertz CT molecular complexity index is 1170. The molecule has 0 aliphatic carbocycles. The van der Waals surface area contributed by atoms with Crippen LogP contribution < -0.4 is 14.8 Å². The third-order valence-electron chi connectivity index (χ3n) is 4.61. The van der Waals surface area contributed by atoms with Crippen LogP contribution in [0.15, 0.2) is 60.9 Å². The van der Waals surface area contributed by atoms with Gasteiger partial charge in [0.05, 0.1) is 12.6 Å². The molecule has 4 rings (SSSR count). The number of ether oxygens (including phenoxy) is 2. The summed E-state index contributed by atoms with van der Waals surface area (Å²) in [5.41, 5.74) is 3.42. The zero-order valence-electron chi connectivity index (χ0n) is 16.3. The first-order valence-electron chi connectivity index (χ1n) is 9.28. The maximum absolute atomic E-state index is 11.3. The van der Waals surface area contributed by atoms with Crippen molar-refractivity contribution in [3.8, 4) is 11.5 Å². The van der Waals surface area contributed by atoms with Crippen LogP contribution in [0.3, 0.4) is 0 Å². The lowest BCUT2D eigenvalue weighted by Gasteiger charge is -2.13. The number of aromatic carboxylic acids is 1. The Morgan fingerprint density at radius 2 is 2.03 bits per heavy atom. The molecule has 3 N–H and O–H groups in total. The predicted molar refractivity (Wildman–Crippen MR) is 112 cm³/mol. The molecule has 0 fully saturated rings. The number of H-pyrrole nitrogens is 1. The van der Waals surface area contributed by atoms with Gasteiger partial charge in [-0.1, -0.05) is 12.1 Å². The molecule has 8 nitrogen and oxygen atoms in total. The normalized spacial score (nSPS) is 10.7. The Morgan fingerprint density at radius 1 is 1.13 bits per heavy atom. The van der Waals surface area contributed by atoms with E-state index in [0.29, 0.717) is 35.6 Å². The van der Waals surface area contributed by atoms with Crippen LogP contribution >= 0.6 is 0 Å². The van der Waals surface area contributed by atoms with Gasteiger partial charge in [-0.3, -0.25) is 10.1 Å². The molecule has 2 aromatic heterocycles. The summed E-state index contributed by atoms with van der Waals surface area (Å²) < 4.78 is 11.3. The van der Waals surface area contributed by atoms with Gasteiger partial charge < -0.3 is 19.9 Å². The van der Waals surface area contributed by atoms with E-state index in [1.807, 2.05) is 36.4 Å². The highest BCUT2D eigenvalue weighted by molar-refractivity contribution is 6.01. The van der Waals surface area contributed by atoms with Crippen LogP contribution in [0.4, 0.5) is 5.69 Å². The smallest absolute Gasteiger partial charge is 0.357 e. The first-order chi connectivity index (χ1) is 14.6. The Kier molecular flexibility index (Phi) is 5.47. The SMILES string of the molecule is COc1ccc(CNc2ccc3[nH]nc(C(=O)O)c3c2)cc1OCc1cccnc1. The van der Waals surface area contributed by atoms with Crippen molar-refractivity contribution in [3.63, 3.8) is 0 Å². The van der Waals surface area contributed by atoms with E-state index in [1.54, 1.807) is 31.6 Å². The molecule has 0 aliphatic heterocycles. The van der Waals surface area contributed by atoms with Crippen molar-refractivity contribution in [2.24, 2.45) is 0 Å². The monoisotopic (exact) mass is 404 g/mol. The van der Waals surface area contributed by atoms with Crippen LogP contribution in [-0.2, 0) is 13.2 Å². The highest BCUT2D eigenvalue weighted by Gasteiger charge is 2.13. The van der Waals surface area contributed by atoms with Gasteiger partial charge in [0.2, 0.25) is 0 Å². The number of nitrogens with one attached hydrogen (secondary N) is 2. The third kappa shape index (κ3) is 4.17. The molecule has 30 heavy (non-hydrogen) atoms. The molecule has 0 saturated carbocycles. The number of carbonyl (C=O) groups is 1. The van der Waals surface area contributed by atoms with Crippen molar-refractivity contribution in [1.82, 2.24) is 15.2 Å². The van der Waals surface area contributed by atoms with E-state index in [4.69, 9.17) is 9.47 Å². The second kappa shape index (κ2) is 8.52. The summed E-state index contributed by atoms with van der Waals surface area (Å²) in [5.74, 6) is 0.219. The molecule has 0 spiro atoms. The van der Waals surface area contributed by atoms with Crippen molar-refractivity contribution in [1.29, 1.82) is 0 Å². The molecule has 0 unspecified atom stereocenters. The number of nitrogens with zero attached hydrogens (tertiary/aromatic N) is 2. The highest BCUT2D eigenvalue weighted by atomic mass is 16.5. The molecular weight excluding hydrogens is 384 g/mol. The van der Waals surface area contributed by atoms with E-state index >= 15 is 0 Å². The molecule has 0 saturated heterocycles. The number of pyridine rings is 1. The summed E-state index contributed by atoms with van der Waals surface area (Å²) in [6.45, 7) is 0.912. The molecule has 2 heterocycles. The Balaban J connectivity index is 1.48. The van der Waals surface area contributed by atoms with Gasteiger partial charge in [-0.15, -0.1) is 0 Å². The number of hydrogen-bond acceptors (Lipinski definition) is 6. The van der Waals surface area contributed by atoms with Gasteiger partial charge in [-0.05, 0) is 42.0 Å². The fraction of sp³-hybridized carbons (Fsp3) is 0.136. The first-order valence-corrected chi connectivity index (χ1v) is 9.28. The third-order valence-corrected chi connectivity index (χ3v) is 4.61. The minimum atomic E-state index is -1.07. The summed E-state index contributed by atoms with van der Waals surface area (Å²) >= 11 is 0. The minimum Gasteiger partial charge on any atom is -0.493 e. The summed E-state index contributed by atoms with van der Waals surface area (Å²) in [6.07, 6.45) is 3.48. The summed E-state index contributed by atoms with van der Waals surface area (Å²) in [4.78, 5) is 15.4. The van der Waals surface area contributed by atoms with Gasteiger partial charge in [0, 0.05) is 35.6 Å². The number of anilines is 1. The fourth-order valence-electron chi connectivity index (χ4n) is 3.08. The highest BCUT2D eigenvalue weighted by Crippen LogP contribution is 2.29. The van der Waals surface area contributed by atoms with E-state index in [-0.39, 0.29) is 5.69 Å². The maximum Gasteiger partial charge on any atom is 0.357 e. The van der Waals surface area contributed by atoms with Crippen LogP contribution in [0, 0.1) is 0 Å². The van der Waals surface area contributed by atoms with Crippen molar-refractivity contribution >= 4 is 22.6 Å². The van der Waals surface area contributed by atoms with E-state index < -0.39 is 5.97 Å². The van der Waals surface area contributed by atoms with Crippen molar-refractivity contribution in [3.05, 3.63) is 77.7 Å². The number of carboxylic acids is 1. The number of methoxy groups -OCH3 is 1. The van der Waals surface area contributed by atoms with E-state index in [0.717, 1.165) is 16.8 Å². The topological polar surface area (TPSA) is 109 Å². The Hall–Kier alpha value is -4.07. The molecule has 0 amide bonds. The predicted octanol–water partition coefficient (Wildman–Crippen LogP) is 3.86. The van der Waals surface area contributed by atoms with Gasteiger partial charge in [-0.25, -0.2) is 4.79 Å². The average molecular weight is 404 g/mol. The molecule has 0 radical (unpaired) electrons. The average Bonchev–Trinajstić information content (AvgIpc) is 3.20. The second-order valence-electron chi connectivity index (χ2n) is 6.63. The lowest BCUT2D eigenvalue weighted by Crippen LogP contribution is -2.02. The van der Waals surface area contributed by atoms with Crippen LogP contribution in [0.1, 0.15) is 21.6 Å². The molecular formula is C22H20N4O4. The van der Waals surface area contributed by atoms with Crippen LogP contribution in [0.25, 0.3) is 10.9 Å². The lowest BCUT2D eigenvalue weighted by atomic mass is 10.1. The van der Waals surface area contributed by atoms with Crippen LogP contribution in [-0.4, -0.2) is 33.4 Å². The largest absolute Gasteiger partial charge is 0.493 e. The van der Waals surface area contributed by atoms with E-state index in [2.05, 4.69) is 20.5 Å². The molecule has 0 bridgehead atoms. The van der Waals surface area contributed by atoms with Crippen molar-refractivity contribution < 1.29 is 19.4 Å². The van der Waals surface area contributed by atoms with E-state index in [9.17, 15) is 9.90 Å². The van der Waals surface area contributed by atoms with Crippen molar-refractivity contribution in [2.75, 3.05) is 12.4 Å². The zero-order valence-corrected chi connectivity index (χ0v) is 16.3. The number of aromatic nitrogens is 3. The minimum absolute atomic E-state index is 0.00388. The number of rotatable bonds is 8. The summed E-state index contributed by atoms with van der Waals surface area (Å²) in [7, 11) is 1.60. The Labute approximate surface area is 172 Å². The summed E-state index contributed by atoms with van der Waals surface area (Å²) in [6, 6.07) is 15.0. The van der Waals surface area contributed by atoms with Gasteiger partial charge in [0.25, 0.3) is 0 Å².